The van der Waals surface area contributed by atoms with Crippen molar-refractivity contribution in [1.82, 2.24) is 25.4 Å². The number of nitrogens with zero attached hydrogens (tertiary/aromatic N) is 4. The van der Waals surface area contributed by atoms with Gasteiger partial charge in [0.05, 0.1) is 0 Å². The molecule has 6 nitrogen and oxygen atoms in total. The second-order valence-corrected chi connectivity index (χ2v) is 8.39. The fraction of sp³-hybridized carbons (Fsp3) is 0.286. The minimum atomic E-state index is 0.281. The molecular weight excluding hydrogens is 368 g/mol. The standard InChI is InChI=1S/C21H24N6S/c1-22-20(25-16-21(9-10-21)28-18-6-3-2-4-7-18)24-15-17-8-12-23-19(14-17)27-13-5-11-26-27/h2-8,11-14H,9-10,15-16H2,1H3,(H2,22,24,25). The second kappa shape index (κ2) is 8.48. The Morgan fingerprint density at radius 2 is 2.00 bits per heavy atom. The highest BCUT2D eigenvalue weighted by atomic mass is 32.2. The van der Waals surface area contributed by atoms with Crippen LogP contribution in [0.2, 0.25) is 0 Å². The predicted octanol–water partition coefficient (Wildman–Crippen LogP) is 3.26. The highest BCUT2D eigenvalue weighted by Gasteiger charge is 2.43. The predicted molar refractivity (Wildman–Crippen MR) is 114 cm³/mol. The lowest BCUT2D eigenvalue weighted by molar-refractivity contribution is 0.764. The van der Waals surface area contributed by atoms with Crippen LogP contribution in [0.5, 0.6) is 0 Å². The zero-order valence-electron chi connectivity index (χ0n) is 15.9. The van der Waals surface area contributed by atoms with Crippen LogP contribution in [0, 0.1) is 0 Å². The Morgan fingerprint density at radius 3 is 2.71 bits per heavy atom. The Hall–Kier alpha value is -2.80. The molecule has 1 aliphatic carbocycles. The van der Waals surface area contributed by atoms with Gasteiger partial charge in [-0.2, -0.15) is 5.10 Å². The fourth-order valence-corrected chi connectivity index (χ4v) is 4.19. The molecule has 0 amide bonds. The molecule has 0 unspecified atom stereocenters. The first-order valence-corrected chi connectivity index (χ1v) is 10.2. The van der Waals surface area contributed by atoms with Gasteiger partial charge in [-0.3, -0.25) is 4.99 Å². The average molecular weight is 393 g/mol. The largest absolute Gasteiger partial charge is 0.355 e. The van der Waals surface area contributed by atoms with E-state index in [9.17, 15) is 0 Å². The number of guanidine groups is 1. The van der Waals surface area contributed by atoms with Crippen molar-refractivity contribution in [3.05, 3.63) is 72.7 Å². The van der Waals surface area contributed by atoms with Gasteiger partial charge in [-0.1, -0.05) is 18.2 Å². The second-order valence-electron chi connectivity index (χ2n) is 6.85. The maximum atomic E-state index is 4.37. The van der Waals surface area contributed by atoms with Crippen LogP contribution in [-0.2, 0) is 6.54 Å². The molecule has 7 heteroatoms. The molecule has 2 heterocycles. The molecular formula is C21H24N6S. The number of aliphatic imine (C=N–C) groups is 1. The van der Waals surface area contributed by atoms with Crippen LogP contribution in [0.1, 0.15) is 18.4 Å². The molecule has 144 valence electrons. The van der Waals surface area contributed by atoms with E-state index in [1.807, 2.05) is 36.2 Å². The summed E-state index contributed by atoms with van der Waals surface area (Å²) >= 11 is 1.96. The minimum absolute atomic E-state index is 0.281. The molecule has 0 aliphatic heterocycles. The lowest BCUT2D eigenvalue weighted by Gasteiger charge is -2.18. The third-order valence-corrected chi connectivity index (χ3v) is 6.19. The molecule has 1 saturated carbocycles. The number of benzene rings is 1. The van der Waals surface area contributed by atoms with E-state index in [0.29, 0.717) is 6.54 Å². The van der Waals surface area contributed by atoms with Gasteiger partial charge in [0.1, 0.15) is 0 Å². The smallest absolute Gasteiger partial charge is 0.191 e. The van der Waals surface area contributed by atoms with Gasteiger partial charge in [-0.25, -0.2) is 9.67 Å². The summed E-state index contributed by atoms with van der Waals surface area (Å²) in [5, 5.41) is 11.1. The molecule has 2 aromatic heterocycles. The first-order chi connectivity index (χ1) is 13.8. The van der Waals surface area contributed by atoms with E-state index < -0.39 is 0 Å². The summed E-state index contributed by atoms with van der Waals surface area (Å²) in [5.41, 5.74) is 1.13. The van der Waals surface area contributed by atoms with Crippen molar-refractivity contribution in [2.75, 3.05) is 13.6 Å². The Morgan fingerprint density at radius 1 is 1.14 bits per heavy atom. The number of thioether (sulfide) groups is 1. The number of pyridine rings is 1. The molecule has 1 fully saturated rings. The SMILES string of the molecule is CN=C(NCc1ccnc(-n2cccn2)c1)NCC1(Sc2ccccc2)CC1. The minimum Gasteiger partial charge on any atom is -0.355 e. The van der Waals surface area contributed by atoms with Crippen molar-refractivity contribution in [3.63, 3.8) is 0 Å². The quantitative estimate of drug-likeness (QED) is 0.477. The molecule has 1 aliphatic rings. The van der Waals surface area contributed by atoms with E-state index in [1.54, 1.807) is 24.1 Å². The summed E-state index contributed by atoms with van der Waals surface area (Å²) in [6.45, 7) is 1.58. The van der Waals surface area contributed by atoms with Crippen LogP contribution in [0.4, 0.5) is 0 Å². The monoisotopic (exact) mass is 392 g/mol. The lowest BCUT2D eigenvalue weighted by Crippen LogP contribution is -2.40. The van der Waals surface area contributed by atoms with Crippen molar-refractivity contribution >= 4 is 17.7 Å². The molecule has 1 aromatic carbocycles. The Kier molecular flexibility index (Phi) is 5.62. The number of rotatable bonds is 7. The van der Waals surface area contributed by atoms with Gasteiger partial charge < -0.3 is 10.6 Å². The van der Waals surface area contributed by atoms with E-state index in [4.69, 9.17) is 0 Å². The van der Waals surface area contributed by atoms with Crippen LogP contribution >= 0.6 is 11.8 Å². The normalized spacial score (nSPS) is 15.2. The van der Waals surface area contributed by atoms with Crippen LogP contribution < -0.4 is 10.6 Å². The summed E-state index contributed by atoms with van der Waals surface area (Å²) in [6, 6.07) is 16.5. The fourth-order valence-electron chi connectivity index (χ4n) is 2.94. The number of hydrogen-bond donors (Lipinski definition) is 2. The van der Waals surface area contributed by atoms with Crippen molar-refractivity contribution < 1.29 is 0 Å². The van der Waals surface area contributed by atoms with Crippen LogP contribution in [0.15, 0.2) is 77.0 Å². The highest BCUT2D eigenvalue weighted by molar-refractivity contribution is 8.01. The summed E-state index contributed by atoms with van der Waals surface area (Å²) < 4.78 is 2.04. The maximum absolute atomic E-state index is 4.37. The van der Waals surface area contributed by atoms with Gasteiger partial charge in [0.2, 0.25) is 0 Å². The van der Waals surface area contributed by atoms with Gasteiger partial charge >= 0.3 is 0 Å². The number of hydrogen-bond acceptors (Lipinski definition) is 4. The Balaban J connectivity index is 1.30. The van der Waals surface area contributed by atoms with E-state index in [2.05, 4.69) is 56.0 Å². The third-order valence-electron chi connectivity index (χ3n) is 4.70. The zero-order chi connectivity index (χ0) is 19.2. The van der Waals surface area contributed by atoms with Crippen molar-refractivity contribution in [3.8, 4) is 5.82 Å². The van der Waals surface area contributed by atoms with E-state index in [-0.39, 0.29) is 4.75 Å². The van der Waals surface area contributed by atoms with E-state index in [0.717, 1.165) is 23.9 Å². The maximum Gasteiger partial charge on any atom is 0.191 e. The number of nitrogens with one attached hydrogen (secondary N) is 2. The molecule has 0 spiro atoms. The Labute approximate surface area is 169 Å². The van der Waals surface area contributed by atoms with Crippen LogP contribution in [0.25, 0.3) is 5.82 Å². The van der Waals surface area contributed by atoms with Crippen LogP contribution in [0.3, 0.4) is 0 Å². The molecule has 4 rings (SSSR count). The molecule has 28 heavy (non-hydrogen) atoms. The first kappa shape index (κ1) is 18.6. The summed E-state index contributed by atoms with van der Waals surface area (Å²) in [7, 11) is 1.81. The lowest BCUT2D eigenvalue weighted by atomic mass is 10.2. The highest BCUT2D eigenvalue weighted by Crippen LogP contribution is 2.51. The van der Waals surface area contributed by atoms with E-state index >= 15 is 0 Å². The van der Waals surface area contributed by atoms with Crippen molar-refractivity contribution in [1.29, 1.82) is 0 Å². The van der Waals surface area contributed by atoms with Gasteiger partial charge in [0.15, 0.2) is 11.8 Å². The van der Waals surface area contributed by atoms with E-state index in [1.165, 1.54) is 17.7 Å². The molecule has 0 saturated heterocycles. The summed E-state index contributed by atoms with van der Waals surface area (Å²) in [5.74, 6) is 1.63. The van der Waals surface area contributed by atoms with Crippen LogP contribution in [-0.4, -0.2) is 39.1 Å². The zero-order valence-corrected chi connectivity index (χ0v) is 16.7. The average Bonchev–Trinajstić information content (AvgIpc) is 3.27. The van der Waals surface area contributed by atoms with Gasteiger partial charge in [0.25, 0.3) is 0 Å². The van der Waals surface area contributed by atoms with Gasteiger partial charge in [-0.05, 0) is 48.7 Å². The topological polar surface area (TPSA) is 67.1 Å². The number of aromatic nitrogens is 3. The third kappa shape index (κ3) is 4.72. The molecule has 3 aromatic rings. The van der Waals surface area contributed by atoms with Gasteiger partial charge in [-0.15, -0.1) is 11.8 Å². The molecule has 0 radical (unpaired) electrons. The first-order valence-electron chi connectivity index (χ1n) is 9.40. The Bertz CT molecular complexity index is 919. The van der Waals surface area contributed by atoms with Crippen molar-refractivity contribution in [2.45, 2.75) is 29.0 Å². The summed E-state index contributed by atoms with van der Waals surface area (Å²) in [6.07, 6.45) is 7.90. The summed E-state index contributed by atoms with van der Waals surface area (Å²) in [4.78, 5) is 10.1. The van der Waals surface area contributed by atoms with Crippen molar-refractivity contribution in [2.24, 2.45) is 4.99 Å². The molecule has 2 N–H and O–H groups in total. The molecule has 0 bridgehead atoms. The van der Waals surface area contributed by atoms with Gasteiger partial charge in [0, 0.05) is 48.4 Å². The molecule has 0 atom stereocenters.